The Bertz CT molecular complexity index is 264. The van der Waals surface area contributed by atoms with Gasteiger partial charge in [-0.3, -0.25) is 4.79 Å². The molecule has 0 aromatic carbocycles. The summed E-state index contributed by atoms with van der Waals surface area (Å²) in [4.78, 5) is 14.0. The fraction of sp³-hybridized carbons (Fsp3) is 0.917. The van der Waals surface area contributed by atoms with Gasteiger partial charge >= 0.3 is 0 Å². The average Bonchev–Trinajstić information content (AvgIpc) is 2.74. The molecule has 1 aliphatic carbocycles. The van der Waals surface area contributed by atoms with Gasteiger partial charge in [-0.25, -0.2) is 0 Å². The van der Waals surface area contributed by atoms with Gasteiger partial charge in [-0.05, 0) is 19.3 Å². The Morgan fingerprint density at radius 2 is 2.27 bits per heavy atom. The number of nitrogens with zero attached hydrogens (tertiary/aromatic N) is 1. The predicted octanol–water partition coefficient (Wildman–Crippen LogP) is 1.41. The van der Waals surface area contributed by atoms with Gasteiger partial charge in [-0.2, -0.15) is 0 Å². The third-order valence-corrected chi connectivity index (χ3v) is 4.18. The third-order valence-electron chi connectivity index (χ3n) is 4.18. The SMILES string of the molecule is CC(C)C(=O)N1CCC2(CO)CCCC12. The maximum atomic E-state index is 12.0. The van der Waals surface area contributed by atoms with Crippen molar-refractivity contribution in [3.63, 3.8) is 0 Å². The van der Waals surface area contributed by atoms with Crippen molar-refractivity contribution in [3.05, 3.63) is 0 Å². The zero-order valence-corrected chi connectivity index (χ0v) is 9.70. The Labute approximate surface area is 91.5 Å². The van der Waals surface area contributed by atoms with E-state index in [1.807, 2.05) is 18.7 Å². The number of hydrogen-bond acceptors (Lipinski definition) is 2. The lowest BCUT2D eigenvalue weighted by atomic mass is 9.83. The first kappa shape index (κ1) is 10.9. The molecule has 0 bridgehead atoms. The van der Waals surface area contributed by atoms with Crippen LogP contribution in [0.4, 0.5) is 0 Å². The third kappa shape index (κ3) is 1.57. The molecule has 15 heavy (non-hydrogen) atoms. The summed E-state index contributed by atoms with van der Waals surface area (Å²) in [6.07, 6.45) is 4.33. The van der Waals surface area contributed by atoms with Gasteiger partial charge in [0.1, 0.15) is 0 Å². The molecule has 0 aromatic rings. The lowest BCUT2D eigenvalue weighted by Gasteiger charge is -2.31. The van der Waals surface area contributed by atoms with E-state index in [0.717, 1.165) is 32.2 Å². The van der Waals surface area contributed by atoms with Crippen LogP contribution in [-0.4, -0.2) is 35.1 Å². The van der Waals surface area contributed by atoms with Crippen LogP contribution in [0.15, 0.2) is 0 Å². The average molecular weight is 211 g/mol. The molecule has 2 unspecified atom stereocenters. The Balaban J connectivity index is 2.15. The van der Waals surface area contributed by atoms with Gasteiger partial charge in [0.15, 0.2) is 0 Å². The van der Waals surface area contributed by atoms with E-state index in [1.165, 1.54) is 0 Å². The van der Waals surface area contributed by atoms with Gasteiger partial charge in [0.05, 0.1) is 6.61 Å². The summed E-state index contributed by atoms with van der Waals surface area (Å²) in [6, 6.07) is 0.317. The first-order valence-corrected chi connectivity index (χ1v) is 6.02. The molecule has 2 rings (SSSR count). The van der Waals surface area contributed by atoms with Crippen LogP contribution >= 0.6 is 0 Å². The molecule has 1 N–H and O–H groups in total. The summed E-state index contributed by atoms with van der Waals surface area (Å²) >= 11 is 0. The molecule has 3 heteroatoms. The molecule has 1 heterocycles. The van der Waals surface area contributed by atoms with Crippen molar-refractivity contribution in [1.29, 1.82) is 0 Å². The van der Waals surface area contributed by atoms with Gasteiger partial charge in [0, 0.05) is 23.9 Å². The maximum Gasteiger partial charge on any atom is 0.225 e. The van der Waals surface area contributed by atoms with E-state index < -0.39 is 0 Å². The van der Waals surface area contributed by atoms with Crippen LogP contribution in [0.25, 0.3) is 0 Å². The highest BCUT2D eigenvalue weighted by atomic mass is 16.3. The Kier molecular flexibility index (Phi) is 2.75. The molecule has 2 atom stereocenters. The van der Waals surface area contributed by atoms with E-state index in [2.05, 4.69) is 0 Å². The molecule has 1 saturated heterocycles. The maximum absolute atomic E-state index is 12.0. The minimum Gasteiger partial charge on any atom is -0.396 e. The molecular weight excluding hydrogens is 190 g/mol. The minimum atomic E-state index is 0.0462. The molecule has 0 radical (unpaired) electrons. The molecular formula is C12H21NO2. The molecule has 1 saturated carbocycles. The topological polar surface area (TPSA) is 40.5 Å². The Morgan fingerprint density at radius 3 is 2.87 bits per heavy atom. The fourth-order valence-electron chi connectivity index (χ4n) is 3.26. The van der Waals surface area contributed by atoms with Crippen molar-refractivity contribution in [2.75, 3.05) is 13.2 Å². The molecule has 0 aromatic heterocycles. The Morgan fingerprint density at radius 1 is 1.53 bits per heavy atom. The lowest BCUT2D eigenvalue weighted by Crippen LogP contribution is -2.42. The number of aliphatic hydroxyl groups is 1. The van der Waals surface area contributed by atoms with Gasteiger partial charge in [-0.1, -0.05) is 20.3 Å². The number of carbonyl (C=O) groups is 1. The van der Waals surface area contributed by atoms with E-state index >= 15 is 0 Å². The van der Waals surface area contributed by atoms with E-state index in [0.29, 0.717) is 6.04 Å². The van der Waals surface area contributed by atoms with Crippen LogP contribution in [-0.2, 0) is 4.79 Å². The minimum absolute atomic E-state index is 0.0462. The monoisotopic (exact) mass is 211 g/mol. The molecule has 2 fully saturated rings. The molecule has 1 amide bonds. The summed E-state index contributed by atoms with van der Waals surface area (Å²) in [5.41, 5.74) is 0.0462. The summed E-state index contributed by atoms with van der Waals surface area (Å²) in [7, 11) is 0. The first-order valence-electron chi connectivity index (χ1n) is 6.02. The molecule has 86 valence electrons. The van der Waals surface area contributed by atoms with Gasteiger partial charge in [0.2, 0.25) is 5.91 Å². The highest BCUT2D eigenvalue weighted by Crippen LogP contribution is 2.48. The second-order valence-electron chi connectivity index (χ2n) is 5.36. The number of rotatable bonds is 2. The van der Waals surface area contributed by atoms with Crippen molar-refractivity contribution in [2.45, 2.75) is 45.6 Å². The van der Waals surface area contributed by atoms with Crippen LogP contribution in [0.2, 0.25) is 0 Å². The van der Waals surface area contributed by atoms with Gasteiger partial charge in [-0.15, -0.1) is 0 Å². The second kappa shape index (κ2) is 3.78. The summed E-state index contributed by atoms with van der Waals surface area (Å²) < 4.78 is 0. The standard InChI is InChI=1S/C12H21NO2/c1-9(2)11(15)13-7-6-12(8-14)5-3-4-10(12)13/h9-10,14H,3-8H2,1-2H3. The highest BCUT2D eigenvalue weighted by molar-refractivity contribution is 5.79. The van der Waals surface area contributed by atoms with E-state index in [-0.39, 0.29) is 23.8 Å². The Hall–Kier alpha value is -0.570. The van der Waals surface area contributed by atoms with Crippen molar-refractivity contribution in [3.8, 4) is 0 Å². The number of fused-ring (bicyclic) bond motifs is 1. The largest absolute Gasteiger partial charge is 0.396 e. The van der Waals surface area contributed by atoms with Crippen LogP contribution in [0.1, 0.15) is 39.5 Å². The van der Waals surface area contributed by atoms with Crippen molar-refractivity contribution < 1.29 is 9.90 Å². The van der Waals surface area contributed by atoms with E-state index in [4.69, 9.17) is 0 Å². The quantitative estimate of drug-likeness (QED) is 0.750. The zero-order valence-electron chi connectivity index (χ0n) is 9.70. The van der Waals surface area contributed by atoms with E-state index in [1.54, 1.807) is 0 Å². The number of likely N-dealkylation sites (tertiary alicyclic amines) is 1. The highest BCUT2D eigenvalue weighted by Gasteiger charge is 2.51. The summed E-state index contributed by atoms with van der Waals surface area (Å²) in [5, 5.41) is 9.53. The fourth-order valence-corrected chi connectivity index (χ4v) is 3.26. The number of carbonyl (C=O) groups excluding carboxylic acids is 1. The molecule has 1 aliphatic heterocycles. The summed E-state index contributed by atoms with van der Waals surface area (Å²) in [5.74, 6) is 0.345. The number of aliphatic hydroxyl groups excluding tert-OH is 1. The summed E-state index contributed by atoms with van der Waals surface area (Å²) in [6.45, 7) is 5.01. The van der Waals surface area contributed by atoms with E-state index in [9.17, 15) is 9.90 Å². The predicted molar refractivity (Wildman–Crippen MR) is 58.3 cm³/mol. The molecule has 0 spiro atoms. The smallest absolute Gasteiger partial charge is 0.225 e. The van der Waals surface area contributed by atoms with Crippen LogP contribution in [0.3, 0.4) is 0 Å². The van der Waals surface area contributed by atoms with Crippen LogP contribution in [0, 0.1) is 11.3 Å². The zero-order chi connectivity index (χ0) is 11.1. The lowest BCUT2D eigenvalue weighted by molar-refractivity contribution is -0.136. The van der Waals surface area contributed by atoms with Gasteiger partial charge in [0.25, 0.3) is 0 Å². The van der Waals surface area contributed by atoms with Crippen LogP contribution in [0.5, 0.6) is 0 Å². The normalized spacial score (nSPS) is 34.9. The second-order valence-corrected chi connectivity index (χ2v) is 5.36. The van der Waals surface area contributed by atoms with Crippen LogP contribution < -0.4 is 0 Å². The first-order chi connectivity index (χ1) is 7.10. The van der Waals surface area contributed by atoms with Crippen molar-refractivity contribution in [2.24, 2.45) is 11.3 Å². The van der Waals surface area contributed by atoms with Crippen molar-refractivity contribution in [1.82, 2.24) is 4.90 Å². The van der Waals surface area contributed by atoms with Gasteiger partial charge < -0.3 is 10.0 Å². The van der Waals surface area contributed by atoms with Crippen molar-refractivity contribution >= 4 is 5.91 Å². The number of hydrogen-bond donors (Lipinski definition) is 1. The number of amides is 1. The molecule has 2 aliphatic rings. The molecule has 3 nitrogen and oxygen atoms in total.